The first-order valence-electron chi connectivity index (χ1n) is 6.55. The van der Waals surface area contributed by atoms with Gasteiger partial charge in [0, 0.05) is 11.8 Å². The van der Waals surface area contributed by atoms with Crippen LogP contribution in [0.3, 0.4) is 0 Å². The van der Waals surface area contributed by atoms with Crippen molar-refractivity contribution in [2.24, 2.45) is 0 Å². The van der Waals surface area contributed by atoms with Gasteiger partial charge in [0.15, 0.2) is 18.2 Å². The summed E-state index contributed by atoms with van der Waals surface area (Å²) in [4.78, 5) is 11.7. The summed E-state index contributed by atoms with van der Waals surface area (Å²) in [5.74, 6) is -2.24. The molecular weight excluding hydrogens is 276 g/mol. The monoisotopic (exact) mass is 291 g/mol. The van der Waals surface area contributed by atoms with Crippen LogP contribution >= 0.6 is 0 Å². The number of nitrogens with one attached hydrogen (secondary N) is 1. The van der Waals surface area contributed by atoms with Crippen molar-refractivity contribution in [1.82, 2.24) is 0 Å². The van der Waals surface area contributed by atoms with Gasteiger partial charge < -0.3 is 10.1 Å². The second-order valence-electron chi connectivity index (χ2n) is 4.46. The molecule has 1 amide bonds. The fourth-order valence-corrected chi connectivity index (χ4v) is 1.74. The van der Waals surface area contributed by atoms with Gasteiger partial charge >= 0.3 is 0 Å². The zero-order valence-corrected chi connectivity index (χ0v) is 11.5. The number of aryl methyl sites for hydroxylation is 1. The van der Waals surface area contributed by atoms with Crippen LogP contribution in [0.15, 0.2) is 42.5 Å². The number of ether oxygens (including phenoxy) is 1. The Morgan fingerprint density at radius 3 is 2.43 bits per heavy atom. The first kappa shape index (κ1) is 15.0. The van der Waals surface area contributed by atoms with E-state index in [4.69, 9.17) is 4.74 Å². The molecule has 2 rings (SSSR count). The van der Waals surface area contributed by atoms with Gasteiger partial charge in [-0.3, -0.25) is 4.79 Å². The van der Waals surface area contributed by atoms with Crippen molar-refractivity contribution in [3.8, 4) is 5.75 Å². The van der Waals surface area contributed by atoms with Gasteiger partial charge in [-0.15, -0.1) is 0 Å². The highest BCUT2D eigenvalue weighted by atomic mass is 19.2. The molecule has 0 bridgehead atoms. The molecule has 0 heterocycles. The van der Waals surface area contributed by atoms with Crippen molar-refractivity contribution in [1.29, 1.82) is 0 Å². The summed E-state index contributed by atoms with van der Waals surface area (Å²) < 4.78 is 30.8. The molecule has 110 valence electrons. The van der Waals surface area contributed by atoms with E-state index in [2.05, 4.69) is 5.32 Å². The van der Waals surface area contributed by atoms with E-state index in [0.29, 0.717) is 5.69 Å². The first-order valence-corrected chi connectivity index (χ1v) is 6.55. The third kappa shape index (κ3) is 4.27. The lowest BCUT2D eigenvalue weighted by Gasteiger charge is -2.08. The minimum Gasteiger partial charge on any atom is -0.484 e. The highest BCUT2D eigenvalue weighted by molar-refractivity contribution is 5.91. The van der Waals surface area contributed by atoms with Gasteiger partial charge in [0.05, 0.1) is 0 Å². The Morgan fingerprint density at radius 2 is 1.81 bits per heavy atom. The Labute approximate surface area is 121 Å². The summed E-state index contributed by atoms with van der Waals surface area (Å²) in [6, 6.07) is 10.6. The fourth-order valence-electron chi connectivity index (χ4n) is 1.74. The van der Waals surface area contributed by atoms with Gasteiger partial charge in [-0.1, -0.05) is 19.1 Å². The summed E-state index contributed by atoms with van der Waals surface area (Å²) >= 11 is 0. The Hall–Kier alpha value is -2.43. The van der Waals surface area contributed by atoms with E-state index in [1.807, 2.05) is 19.1 Å². The summed E-state index contributed by atoms with van der Waals surface area (Å²) in [6.45, 7) is 1.77. The topological polar surface area (TPSA) is 38.3 Å². The predicted octanol–water partition coefficient (Wildman–Crippen LogP) is 3.54. The Morgan fingerprint density at radius 1 is 1.10 bits per heavy atom. The Bertz CT molecular complexity index is 627. The number of carbonyl (C=O) groups excluding carboxylic acids is 1. The quantitative estimate of drug-likeness (QED) is 0.915. The maximum absolute atomic E-state index is 13.0. The average molecular weight is 291 g/mol. The van der Waals surface area contributed by atoms with Crippen LogP contribution in [0.2, 0.25) is 0 Å². The van der Waals surface area contributed by atoms with E-state index in [1.54, 1.807) is 12.1 Å². The molecule has 0 saturated heterocycles. The van der Waals surface area contributed by atoms with Crippen LogP contribution in [0.25, 0.3) is 0 Å². The van der Waals surface area contributed by atoms with E-state index in [1.165, 1.54) is 11.6 Å². The summed E-state index contributed by atoms with van der Waals surface area (Å²) in [7, 11) is 0. The number of carbonyl (C=O) groups is 1. The lowest BCUT2D eigenvalue weighted by Crippen LogP contribution is -2.20. The number of benzene rings is 2. The third-order valence-corrected chi connectivity index (χ3v) is 2.91. The van der Waals surface area contributed by atoms with Gasteiger partial charge in [0.1, 0.15) is 5.75 Å². The normalized spacial score (nSPS) is 10.2. The molecule has 1 N–H and O–H groups in total. The second kappa shape index (κ2) is 6.83. The second-order valence-corrected chi connectivity index (χ2v) is 4.46. The van der Waals surface area contributed by atoms with Crippen LogP contribution in [0.1, 0.15) is 12.5 Å². The van der Waals surface area contributed by atoms with Crippen molar-refractivity contribution < 1.29 is 18.3 Å². The van der Waals surface area contributed by atoms with Crippen LogP contribution in [-0.4, -0.2) is 12.5 Å². The largest absolute Gasteiger partial charge is 0.484 e. The molecular formula is C16H15F2NO2. The minimum atomic E-state index is -1.01. The molecule has 3 nitrogen and oxygen atoms in total. The number of hydrogen-bond donors (Lipinski definition) is 1. The smallest absolute Gasteiger partial charge is 0.262 e. The molecule has 0 saturated carbocycles. The molecule has 0 aliphatic rings. The highest BCUT2D eigenvalue weighted by Crippen LogP contribution is 2.15. The van der Waals surface area contributed by atoms with Gasteiger partial charge in [0.2, 0.25) is 0 Å². The van der Waals surface area contributed by atoms with Crippen LogP contribution in [0.5, 0.6) is 5.75 Å². The minimum absolute atomic E-state index is 0.102. The van der Waals surface area contributed by atoms with Crippen LogP contribution in [0, 0.1) is 11.6 Å². The van der Waals surface area contributed by atoms with Crippen LogP contribution in [0.4, 0.5) is 14.5 Å². The SMILES string of the molecule is CCc1ccc(NC(=O)COc2ccc(F)c(F)c2)cc1. The van der Waals surface area contributed by atoms with Gasteiger partial charge in [0.25, 0.3) is 5.91 Å². The Balaban J connectivity index is 1.87. The zero-order valence-electron chi connectivity index (χ0n) is 11.5. The van der Waals surface area contributed by atoms with Crippen molar-refractivity contribution in [2.45, 2.75) is 13.3 Å². The number of rotatable bonds is 5. The molecule has 5 heteroatoms. The lowest BCUT2D eigenvalue weighted by atomic mass is 10.1. The third-order valence-electron chi connectivity index (χ3n) is 2.91. The molecule has 21 heavy (non-hydrogen) atoms. The molecule has 0 atom stereocenters. The van der Waals surface area contributed by atoms with Crippen molar-refractivity contribution in [3.05, 3.63) is 59.7 Å². The maximum Gasteiger partial charge on any atom is 0.262 e. The molecule has 0 spiro atoms. The number of hydrogen-bond acceptors (Lipinski definition) is 2. The number of halogens is 2. The average Bonchev–Trinajstić information content (AvgIpc) is 2.49. The number of amides is 1. The van der Waals surface area contributed by atoms with E-state index < -0.39 is 11.6 Å². The van der Waals surface area contributed by atoms with Gasteiger partial charge in [-0.25, -0.2) is 8.78 Å². The van der Waals surface area contributed by atoms with Crippen LogP contribution < -0.4 is 10.1 Å². The predicted molar refractivity (Wildman–Crippen MR) is 76.3 cm³/mol. The molecule has 2 aromatic rings. The highest BCUT2D eigenvalue weighted by Gasteiger charge is 2.06. The van der Waals surface area contributed by atoms with E-state index in [-0.39, 0.29) is 18.3 Å². The van der Waals surface area contributed by atoms with Crippen LogP contribution in [-0.2, 0) is 11.2 Å². The van der Waals surface area contributed by atoms with Crippen molar-refractivity contribution >= 4 is 11.6 Å². The maximum atomic E-state index is 13.0. The molecule has 0 radical (unpaired) electrons. The summed E-state index contributed by atoms with van der Waals surface area (Å²) in [5.41, 5.74) is 1.83. The first-order chi connectivity index (χ1) is 10.1. The summed E-state index contributed by atoms with van der Waals surface area (Å²) in [5, 5.41) is 2.66. The lowest BCUT2D eigenvalue weighted by molar-refractivity contribution is -0.118. The Kier molecular flexibility index (Phi) is 4.87. The number of anilines is 1. The molecule has 2 aromatic carbocycles. The van der Waals surface area contributed by atoms with Crippen molar-refractivity contribution in [3.63, 3.8) is 0 Å². The molecule has 0 unspecified atom stereocenters. The van der Waals surface area contributed by atoms with E-state index in [0.717, 1.165) is 18.6 Å². The fraction of sp³-hybridized carbons (Fsp3) is 0.188. The molecule has 0 aromatic heterocycles. The molecule has 0 fully saturated rings. The molecule has 0 aliphatic heterocycles. The standard InChI is InChI=1S/C16H15F2NO2/c1-2-11-3-5-12(6-4-11)19-16(20)10-21-13-7-8-14(17)15(18)9-13/h3-9H,2,10H2,1H3,(H,19,20). The van der Waals surface area contributed by atoms with E-state index >= 15 is 0 Å². The van der Waals surface area contributed by atoms with Crippen molar-refractivity contribution in [2.75, 3.05) is 11.9 Å². The van der Waals surface area contributed by atoms with Gasteiger partial charge in [-0.05, 0) is 36.2 Å². The zero-order chi connectivity index (χ0) is 15.2. The molecule has 0 aliphatic carbocycles. The van der Waals surface area contributed by atoms with Gasteiger partial charge in [-0.2, -0.15) is 0 Å². The van der Waals surface area contributed by atoms with E-state index in [9.17, 15) is 13.6 Å². The summed E-state index contributed by atoms with van der Waals surface area (Å²) in [6.07, 6.45) is 0.924.